The van der Waals surface area contributed by atoms with Crippen molar-refractivity contribution in [2.24, 2.45) is 5.92 Å². The van der Waals surface area contributed by atoms with Crippen LogP contribution in [0.3, 0.4) is 0 Å². The van der Waals surface area contributed by atoms with Gasteiger partial charge in [0.2, 0.25) is 5.89 Å². The molecule has 0 aliphatic carbocycles. The van der Waals surface area contributed by atoms with E-state index in [0.717, 1.165) is 30.9 Å². The summed E-state index contributed by atoms with van der Waals surface area (Å²) in [5, 5.41) is 4.05. The Balaban J connectivity index is 2.16. The molecule has 0 saturated carbocycles. The van der Waals surface area contributed by atoms with E-state index >= 15 is 0 Å². The number of hydrogen-bond donors (Lipinski definition) is 1. The molecule has 1 aromatic carbocycles. The zero-order valence-electron chi connectivity index (χ0n) is 10.7. The molecule has 3 rings (SSSR count). The summed E-state index contributed by atoms with van der Waals surface area (Å²) in [5.41, 5.74) is 1.56. The van der Waals surface area contributed by atoms with Crippen molar-refractivity contribution in [1.29, 1.82) is 0 Å². The van der Waals surface area contributed by atoms with Crippen LogP contribution in [0.15, 0.2) is 22.6 Å². The SMILES string of the molecule is CC(C)C1(c2nc3cccc(Cl)c3o2)CCNC1. The van der Waals surface area contributed by atoms with Gasteiger partial charge < -0.3 is 9.73 Å². The van der Waals surface area contributed by atoms with Gasteiger partial charge in [-0.15, -0.1) is 0 Å². The largest absolute Gasteiger partial charge is 0.438 e. The van der Waals surface area contributed by atoms with Crippen molar-refractivity contribution in [1.82, 2.24) is 10.3 Å². The minimum atomic E-state index is 0.00233. The van der Waals surface area contributed by atoms with E-state index in [4.69, 9.17) is 16.0 Å². The van der Waals surface area contributed by atoms with Gasteiger partial charge in [0.1, 0.15) is 5.52 Å². The normalized spacial score (nSPS) is 24.2. The summed E-state index contributed by atoms with van der Waals surface area (Å²) in [7, 11) is 0. The van der Waals surface area contributed by atoms with Crippen LogP contribution < -0.4 is 5.32 Å². The molecule has 0 radical (unpaired) electrons. The van der Waals surface area contributed by atoms with Gasteiger partial charge in [-0.25, -0.2) is 4.98 Å². The maximum absolute atomic E-state index is 6.15. The molecule has 2 aromatic rings. The summed E-state index contributed by atoms with van der Waals surface area (Å²) in [6, 6.07) is 5.70. The fraction of sp³-hybridized carbons (Fsp3) is 0.500. The molecule has 18 heavy (non-hydrogen) atoms. The first-order valence-corrected chi connectivity index (χ1v) is 6.77. The third-order valence-electron chi connectivity index (χ3n) is 4.09. The molecule has 1 aliphatic rings. The highest BCUT2D eigenvalue weighted by molar-refractivity contribution is 6.34. The summed E-state index contributed by atoms with van der Waals surface area (Å²) >= 11 is 6.15. The van der Waals surface area contributed by atoms with E-state index in [1.807, 2.05) is 18.2 Å². The lowest BCUT2D eigenvalue weighted by Crippen LogP contribution is -2.35. The molecule has 1 aliphatic heterocycles. The molecule has 3 nitrogen and oxygen atoms in total. The number of halogens is 1. The minimum absolute atomic E-state index is 0.00233. The van der Waals surface area contributed by atoms with Gasteiger partial charge in [0, 0.05) is 6.54 Å². The molecule has 4 heteroatoms. The summed E-state index contributed by atoms with van der Waals surface area (Å²) in [4.78, 5) is 4.66. The van der Waals surface area contributed by atoms with Crippen LogP contribution in [0.1, 0.15) is 26.2 Å². The Labute approximate surface area is 112 Å². The van der Waals surface area contributed by atoms with Gasteiger partial charge in [-0.3, -0.25) is 0 Å². The molecule has 2 heterocycles. The van der Waals surface area contributed by atoms with Gasteiger partial charge in [0.25, 0.3) is 0 Å². The molecular weight excluding hydrogens is 248 g/mol. The van der Waals surface area contributed by atoms with Crippen LogP contribution in [-0.4, -0.2) is 18.1 Å². The molecule has 0 spiro atoms. The number of nitrogens with one attached hydrogen (secondary N) is 1. The fourth-order valence-corrected chi connectivity index (χ4v) is 2.97. The Morgan fingerprint density at radius 3 is 2.89 bits per heavy atom. The minimum Gasteiger partial charge on any atom is -0.438 e. The highest BCUT2D eigenvalue weighted by Gasteiger charge is 2.43. The van der Waals surface area contributed by atoms with Crippen molar-refractivity contribution in [3.63, 3.8) is 0 Å². The zero-order chi connectivity index (χ0) is 12.8. The van der Waals surface area contributed by atoms with Crippen LogP contribution >= 0.6 is 11.6 Å². The van der Waals surface area contributed by atoms with E-state index in [9.17, 15) is 0 Å². The smallest absolute Gasteiger partial charge is 0.203 e. The monoisotopic (exact) mass is 264 g/mol. The van der Waals surface area contributed by atoms with Gasteiger partial charge in [-0.1, -0.05) is 31.5 Å². The number of oxazole rings is 1. The lowest BCUT2D eigenvalue weighted by atomic mass is 9.76. The van der Waals surface area contributed by atoms with E-state index in [1.54, 1.807) is 0 Å². The van der Waals surface area contributed by atoms with E-state index in [1.165, 1.54) is 0 Å². The van der Waals surface area contributed by atoms with Crippen LogP contribution in [0.2, 0.25) is 5.02 Å². The highest BCUT2D eigenvalue weighted by atomic mass is 35.5. The predicted octanol–water partition coefficient (Wildman–Crippen LogP) is 3.37. The molecule has 0 amide bonds. The number of aromatic nitrogens is 1. The van der Waals surface area contributed by atoms with Crippen molar-refractivity contribution < 1.29 is 4.42 Å². The van der Waals surface area contributed by atoms with Crippen LogP contribution in [0.4, 0.5) is 0 Å². The van der Waals surface area contributed by atoms with Gasteiger partial charge in [-0.2, -0.15) is 0 Å². The Morgan fingerprint density at radius 1 is 1.44 bits per heavy atom. The molecule has 1 fully saturated rings. The molecule has 96 valence electrons. The summed E-state index contributed by atoms with van der Waals surface area (Å²) < 4.78 is 5.96. The zero-order valence-corrected chi connectivity index (χ0v) is 11.4. The second-order valence-electron chi connectivity index (χ2n) is 5.34. The molecule has 1 N–H and O–H groups in total. The average molecular weight is 265 g/mol. The fourth-order valence-electron chi connectivity index (χ4n) is 2.76. The van der Waals surface area contributed by atoms with Gasteiger partial charge in [0.15, 0.2) is 5.58 Å². The Bertz CT molecular complexity index is 570. The Morgan fingerprint density at radius 2 is 2.28 bits per heavy atom. The van der Waals surface area contributed by atoms with Crippen LogP contribution in [-0.2, 0) is 5.41 Å². The summed E-state index contributed by atoms with van der Waals surface area (Å²) in [6.45, 7) is 6.40. The van der Waals surface area contributed by atoms with Gasteiger partial charge in [0.05, 0.1) is 10.4 Å². The van der Waals surface area contributed by atoms with Crippen LogP contribution in [0.5, 0.6) is 0 Å². The number of fused-ring (bicyclic) bond motifs is 1. The van der Waals surface area contributed by atoms with Crippen molar-refractivity contribution in [3.8, 4) is 0 Å². The first kappa shape index (κ1) is 12.0. The maximum atomic E-state index is 6.15. The topological polar surface area (TPSA) is 38.1 Å². The second-order valence-corrected chi connectivity index (χ2v) is 5.75. The van der Waals surface area contributed by atoms with E-state index in [2.05, 4.69) is 24.1 Å². The molecule has 1 saturated heterocycles. The van der Waals surface area contributed by atoms with E-state index < -0.39 is 0 Å². The lowest BCUT2D eigenvalue weighted by Gasteiger charge is -2.28. The van der Waals surface area contributed by atoms with Crippen molar-refractivity contribution in [2.45, 2.75) is 25.7 Å². The first-order valence-electron chi connectivity index (χ1n) is 6.40. The van der Waals surface area contributed by atoms with Gasteiger partial charge in [-0.05, 0) is 31.0 Å². The number of nitrogens with zero attached hydrogens (tertiary/aromatic N) is 1. The first-order chi connectivity index (χ1) is 8.63. The third-order valence-corrected chi connectivity index (χ3v) is 4.38. The average Bonchev–Trinajstić information content (AvgIpc) is 2.96. The highest BCUT2D eigenvalue weighted by Crippen LogP contribution is 2.39. The van der Waals surface area contributed by atoms with E-state index in [-0.39, 0.29) is 5.41 Å². The van der Waals surface area contributed by atoms with Crippen molar-refractivity contribution in [2.75, 3.05) is 13.1 Å². The Kier molecular flexibility index (Phi) is 2.83. The number of benzene rings is 1. The summed E-state index contributed by atoms with van der Waals surface area (Å²) in [6.07, 6.45) is 1.06. The quantitative estimate of drug-likeness (QED) is 0.904. The van der Waals surface area contributed by atoms with Crippen LogP contribution in [0.25, 0.3) is 11.1 Å². The lowest BCUT2D eigenvalue weighted by molar-refractivity contribution is 0.269. The molecule has 1 aromatic heterocycles. The Hall–Kier alpha value is -1.06. The molecular formula is C14H17ClN2O. The summed E-state index contributed by atoms with van der Waals surface area (Å²) in [5.74, 6) is 1.31. The number of rotatable bonds is 2. The molecule has 1 unspecified atom stereocenters. The molecule has 0 bridgehead atoms. The van der Waals surface area contributed by atoms with Crippen molar-refractivity contribution in [3.05, 3.63) is 29.1 Å². The number of hydrogen-bond acceptors (Lipinski definition) is 3. The number of para-hydroxylation sites is 1. The van der Waals surface area contributed by atoms with Crippen molar-refractivity contribution >= 4 is 22.7 Å². The standard InChI is InChI=1S/C14H17ClN2O/c1-9(2)14(6-7-16-8-14)13-17-11-5-3-4-10(15)12(11)18-13/h3-5,9,16H,6-8H2,1-2H3. The third kappa shape index (κ3) is 1.65. The predicted molar refractivity (Wildman–Crippen MR) is 73.0 cm³/mol. The molecule has 1 atom stereocenters. The second kappa shape index (κ2) is 4.25. The van der Waals surface area contributed by atoms with Crippen LogP contribution in [0, 0.1) is 5.92 Å². The van der Waals surface area contributed by atoms with Gasteiger partial charge >= 0.3 is 0 Å². The van der Waals surface area contributed by atoms with E-state index in [0.29, 0.717) is 16.5 Å². The maximum Gasteiger partial charge on any atom is 0.203 e.